The summed E-state index contributed by atoms with van der Waals surface area (Å²) >= 11 is 0. The van der Waals surface area contributed by atoms with E-state index < -0.39 is 0 Å². The molecular weight excluding hydrogens is 310 g/mol. The van der Waals surface area contributed by atoms with Gasteiger partial charge in [0.05, 0.1) is 5.56 Å². The fourth-order valence-corrected chi connectivity index (χ4v) is 2.75. The van der Waals surface area contributed by atoms with Gasteiger partial charge in [-0.05, 0) is 30.0 Å². The number of carbonyl (C=O) groups is 1. The van der Waals surface area contributed by atoms with Crippen LogP contribution < -0.4 is 5.32 Å². The molecule has 0 radical (unpaired) electrons. The van der Waals surface area contributed by atoms with Gasteiger partial charge in [-0.2, -0.15) is 0 Å². The SMILES string of the molecule is Cc1oc(-c2ccccc2)cc1C(=O)NCc1ccc(C(C)C)cc1. The maximum Gasteiger partial charge on any atom is 0.255 e. The van der Waals surface area contributed by atoms with E-state index in [1.54, 1.807) is 0 Å². The van der Waals surface area contributed by atoms with Crippen molar-refractivity contribution in [1.82, 2.24) is 5.32 Å². The first kappa shape index (κ1) is 17.0. The molecule has 1 heterocycles. The number of hydrogen-bond donors (Lipinski definition) is 1. The average molecular weight is 333 g/mol. The third-order valence-electron chi connectivity index (χ3n) is 4.32. The summed E-state index contributed by atoms with van der Waals surface area (Å²) in [5.41, 5.74) is 3.93. The van der Waals surface area contributed by atoms with E-state index in [0.29, 0.717) is 29.5 Å². The van der Waals surface area contributed by atoms with Crippen molar-refractivity contribution in [2.24, 2.45) is 0 Å². The molecule has 3 nitrogen and oxygen atoms in total. The van der Waals surface area contributed by atoms with Crippen LogP contribution in [0.15, 0.2) is 65.1 Å². The molecule has 3 aromatic rings. The number of nitrogens with one attached hydrogen (secondary N) is 1. The molecule has 0 aliphatic carbocycles. The highest BCUT2D eigenvalue weighted by molar-refractivity contribution is 5.96. The molecule has 0 unspecified atom stereocenters. The first-order valence-electron chi connectivity index (χ1n) is 8.57. The van der Waals surface area contributed by atoms with Gasteiger partial charge in [-0.1, -0.05) is 68.4 Å². The molecule has 0 spiro atoms. The van der Waals surface area contributed by atoms with Crippen molar-refractivity contribution in [3.05, 3.63) is 83.1 Å². The summed E-state index contributed by atoms with van der Waals surface area (Å²) in [5.74, 6) is 1.74. The molecule has 2 aromatic carbocycles. The van der Waals surface area contributed by atoms with Crippen LogP contribution in [0.25, 0.3) is 11.3 Å². The molecule has 128 valence electrons. The van der Waals surface area contributed by atoms with Crippen molar-refractivity contribution >= 4 is 5.91 Å². The minimum Gasteiger partial charge on any atom is -0.461 e. The number of aryl methyl sites for hydroxylation is 1. The number of rotatable bonds is 5. The van der Waals surface area contributed by atoms with Crippen LogP contribution in [0.3, 0.4) is 0 Å². The van der Waals surface area contributed by atoms with Crippen molar-refractivity contribution in [1.29, 1.82) is 0 Å². The van der Waals surface area contributed by atoms with Gasteiger partial charge in [0.25, 0.3) is 5.91 Å². The van der Waals surface area contributed by atoms with Gasteiger partial charge in [-0.15, -0.1) is 0 Å². The Morgan fingerprint density at radius 1 is 1.04 bits per heavy atom. The number of benzene rings is 2. The Balaban J connectivity index is 1.68. The normalized spacial score (nSPS) is 10.9. The highest BCUT2D eigenvalue weighted by Gasteiger charge is 2.15. The van der Waals surface area contributed by atoms with Crippen molar-refractivity contribution < 1.29 is 9.21 Å². The largest absolute Gasteiger partial charge is 0.461 e. The quantitative estimate of drug-likeness (QED) is 0.687. The zero-order chi connectivity index (χ0) is 17.8. The molecule has 1 amide bonds. The lowest BCUT2D eigenvalue weighted by molar-refractivity contribution is 0.0949. The number of hydrogen-bond acceptors (Lipinski definition) is 2. The van der Waals surface area contributed by atoms with Gasteiger partial charge in [0.2, 0.25) is 0 Å². The Labute approximate surface area is 148 Å². The predicted molar refractivity (Wildman–Crippen MR) is 101 cm³/mol. The van der Waals surface area contributed by atoms with E-state index in [-0.39, 0.29) is 5.91 Å². The second kappa shape index (κ2) is 7.39. The third kappa shape index (κ3) is 4.00. The molecule has 0 saturated heterocycles. The molecular formula is C22H23NO2. The van der Waals surface area contributed by atoms with Crippen LogP contribution in [0, 0.1) is 6.92 Å². The van der Waals surface area contributed by atoms with Gasteiger partial charge in [0.15, 0.2) is 0 Å². The molecule has 0 saturated carbocycles. The fourth-order valence-electron chi connectivity index (χ4n) is 2.75. The van der Waals surface area contributed by atoms with Crippen molar-refractivity contribution in [3.63, 3.8) is 0 Å². The van der Waals surface area contributed by atoms with Gasteiger partial charge < -0.3 is 9.73 Å². The number of amides is 1. The van der Waals surface area contributed by atoms with Crippen molar-refractivity contribution in [2.45, 2.75) is 33.2 Å². The summed E-state index contributed by atoms with van der Waals surface area (Å²) in [5, 5.41) is 2.97. The summed E-state index contributed by atoms with van der Waals surface area (Å²) < 4.78 is 5.76. The van der Waals surface area contributed by atoms with Gasteiger partial charge in [0.1, 0.15) is 11.5 Å². The summed E-state index contributed by atoms with van der Waals surface area (Å²) in [6.45, 7) is 6.66. The molecule has 1 aromatic heterocycles. The summed E-state index contributed by atoms with van der Waals surface area (Å²) in [4.78, 5) is 12.5. The number of furan rings is 1. The maximum atomic E-state index is 12.5. The van der Waals surface area contributed by atoms with Gasteiger partial charge >= 0.3 is 0 Å². The van der Waals surface area contributed by atoms with Crippen LogP contribution >= 0.6 is 0 Å². The molecule has 0 aliphatic heterocycles. The standard InChI is InChI=1S/C22H23NO2/c1-15(2)18-11-9-17(10-12-18)14-23-22(24)20-13-21(25-16(20)3)19-7-5-4-6-8-19/h4-13,15H,14H2,1-3H3,(H,23,24). The van der Waals surface area contributed by atoms with Crippen LogP contribution in [0.1, 0.15) is 47.0 Å². The lowest BCUT2D eigenvalue weighted by atomic mass is 10.0. The highest BCUT2D eigenvalue weighted by Crippen LogP contribution is 2.25. The second-order valence-corrected chi connectivity index (χ2v) is 6.53. The smallest absolute Gasteiger partial charge is 0.255 e. The molecule has 3 heteroatoms. The highest BCUT2D eigenvalue weighted by atomic mass is 16.3. The van der Waals surface area contributed by atoms with Crippen LogP contribution in [0.2, 0.25) is 0 Å². The van der Waals surface area contributed by atoms with Crippen LogP contribution in [-0.2, 0) is 6.54 Å². The number of carbonyl (C=O) groups excluding carboxylic acids is 1. The first-order valence-corrected chi connectivity index (χ1v) is 8.57. The van der Waals surface area contributed by atoms with E-state index in [0.717, 1.165) is 11.1 Å². The Kier molecular flexibility index (Phi) is 5.03. The summed E-state index contributed by atoms with van der Waals surface area (Å²) in [7, 11) is 0. The van der Waals surface area contributed by atoms with Gasteiger partial charge in [-0.25, -0.2) is 0 Å². The van der Waals surface area contributed by atoms with Crippen LogP contribution in [-0.4, -0.2) is 5.91 Å². The molecule has 3 rings (SSSR count). The Hall–Kier alpha value is -2.81. The Bertz CT molecular complexity index is 845. The van der Waals surface area contributed by atoms with Crippen LogP contribution in [0.4, 0.5) is 0 Å². The molecule has 0 fully saturated rings. The molecule has 1 N–H and O–H groups in total. The van der Waals surface area contributed by atoms with Gasteiger partial charge in [-0.3, -0.25) is 4.79 Å². The van der Waals surface area contributed by atoms with E-state index >= 15 is 0 Å². The monoisotopic (exact) mass is 333 g/mol. The lowest BCUT2D eigenvalue weighted by Gasteiger charge is -2.08. The van der Waals surface area contributed by atoms with Crippen molar-refractivity contribution in [2.75, 3.05) is 0 Å². The average Bonchev–Trinajstić information content (AvgIpc) is 3.02. The van der Waals surface area contributed by atoms with Crippen LogP contribution in [0.5, 0.6) is 0 Å². The minimum absolute atomic E-state index is 0.114. The Morgan fingerprint density at radius 3 is 2.36 bits per heavy atom. The Morgan fingerprint density at radius 2 is 1.72 bits per heavy atom. The van der Waals surface area contributed by atoms with E-state index in [2.05, 4.69) is 43.4 Å². The minimum atomic E-state index is -0.114. The third-order valence-corrected chi connectivity index (χ3v) is 4.32. The van der Waals surface area contributed by atoms with Gasteiger partial charge in [0, 0.05) is 12.1 Å². The van der Waals surface area contributed by atoms with Crippen molar-refractivity contribution in [3.8, 4) is 11.3 Å². The predicted octanol–water partition coefficient (Wildman–Crippen LogP) is 5.31. The first-order chi connectivity index (χ1) is 12.0. The van der Waals surface area contributed by atoms with E-state index in [1.807, 2.05) is 43.3 Å². The zero-order valence-electron chi connectivity index (χ0n) is 14.9. The van der Waals surface area contributed by atoms with E-state index in [4.69, 9.17) is 4.42 Å². The fraction of sp³-hybridized carbons (Fsp3) is 0.227. The zero-order valence-corrected chi connectivity index (χ0v) is 14.9. The second-order valence-electron chi connectivity index (χ2n) is 6.53. The molecule has 25 heavy (non-hydrogen) atoms. The topological polar surface area (TPSA) is 42.2 Å². The molecule has 0 atom stereocenters. The molecule has 0 bridgehead atoms. The lowest BCUT2D eigenvalue weighted by Crippen LogP contribution is -2.22. The van der Waals surface area contributed by atoms with E-state index in [1.165, 1.54) is 5.56 Å². The maximum absolute atomic E-state index is 12.5. The molecule has 0 aliphatic rings. The van der Waals surface area contributed by atoms with E-state index in [9.17, 15) is 4.79 Å². The summed E-state index contributed by atoms with van der Waals surface area (Å²) in [6.07, 6.45) is 0. The summed E-state index contributed by atoms with van der Waals surface area (Å²) in [6, 6.07) is 20.0.